The van der Waals surface area contributed by atoms with Gasteiger partial charge in [0, 0.05) is 25.2 Å². The molecule has 0 unspecified atom stereocenters. The van der Waals surface area contributed by atoms with Crippen molar-refractivity contribution in [1.29, 1.82) is 0 Å². The minimum absolute atomic E-state index is 0.0953. The van der Waals surface area contributed by atoms with Gasteiger partial charge in [0.25, 0.3) is 5.91 Å². The number of halogens is 2. The number of benzene rings is 1. The summed E-state index contributed by atoms with van der Waals surface area (Å²) in [7, 11) is 0. The van der Waals surface area contributed by atoms with Crippen molar-refractivity contribution in [3.63, 3.8) is 0 Å². The molecule has 1 aliphatic rings. The molecule has 0 aliphatic carbocycles. The maximum absolute atomic E-state index is 13.9. The highest BCUT2D eigenvalue weighted by Crippen LogP contribution is 2.20. The summed E-state index contributed by atoms with van der Waals surface area (Å²) in [5.74, 6) is -3.82. The third-order valence-corrected chi connectivity index (χ3v) is 4.67. The van der Waals surface area contributed by atoms with Gasteiger partial charge in [0.1, 0.15) is 11.5 Å². The summed E-state index contributed by atoms with van der Waals surface area (Å²) >= 11 is 0. The average Bonchev–Trinajstić information content (AvgIpc) is 3.18. The van der Waals surface area contributed by atoms with Crippen molar-refractivity contribution in [1.82, 2.24) is 25.2 Å². The molecule has 1 saturated heterocycles. The van der Waals surface area contributed by atoms with Crippen LogP contribution in [0.2, 0.25) is 0 Å². The van der Waals surface area contributed by atoms with Gasteiger partial charge in [-0.15, -0.1) is 5.10 Å². The highest BCUT2D eigenvalue weighted by atomic mass is 19.1. The monoisotopic (exact) mass is 423 g/mol. The van der Waals surface area contributed by atoms with E-state index >= 15 is 0 Å². The van der Waals surface area contributed by atoms with Crippen LogP contribution in [0.1, 0.15) is 23.8 Å². The van der Waals surface area contributed by atoms with E-state index < -0.39 is 41.6 Å². The first-order chi connectivity index (χ1) is 14.3. The Hall–Kier alpha value is -3.57. The first kappa shape index (κ1) is 21.1. The molecule has 12 heteroatoms. The minimum Gasteiger partial charge on any atom is -0.466 e. The predicted octanol–water partition coefficient (Wildman–Crippen LogP) is 1.21. The molecule has 0 spiro atoms. The van der Waals surface area contributed by atoms with E-state index in [0.717, 1.165) is 27.9 Å². The van der Waals surface area contributed by atoms with Gasteiger partial charge in [0.15, 0.2) is 11.5 Å². The van der Waals surface area contributed by atoms with Crippen LogP contribution in [0.15, 0.2) is 24.4 Å². The van der Waals surface area contributed by atoms with E-state index in [4.69, 9.17) is 4.74 Å². The maximum Gasteiger partial charge on any atom is 0.407 e. The first-order valence-electron chi connectivity index (χ1n) is 9.13. The zero-order valence-electron chi connectivity index (χ0n) is 15.9. The molecule has 0 bridgehead atoms. The molecule has 10 nitrogen and oxygen atoms in total. The number of nitrogens with zero attached hydrogens (tertiary/aromatic N) is 4. The maximum atomic E-state index is 13.9. The highest BCUT2D eigenvalue weighted by molar-refractivity contribution is 5.92. The molecule has 1 aromatic heterocycles. The van der Waals surface area contributed by atoms with Gasteiger partial charge < -0.3 is 20.1 Å². The van der Waals surface area contributed by atoms with Crippen LogP contribution < -0.4 is 5.32 Å². The Balaban J connectivity index is 1.74. The van der Waals surface area contributed by atoms with Gasteiger partial charge in [0.2, 0.25) is 0 Å². The summed E-state index contributed by atoms with van der Waals surface area (Å²) < 4.78 is 32.9. The van der Waals surface area contributed by atoms with Crippen molar-refractivity contribution in [2.75, 3.05) is 19.7 Å². The van der Waals surface area contributed by atoms with E-state index in [2.05, 4.69) is 15.6 Å². The molecule has 2 aromatic rings. The Labute approximate surface area is 169 Å². The summed E-state index contributed by atoms with van der Waals surface area (Å²) in [4.78, 5) is 37.1. The number of aromatic nitrogens is 3. The van der Waals surface area contributed by atoms with Crippen LogP contribution in [0, 0.1) is 17.6 Å². The number of carbonyl (C=O) groups is 3. The second-order valence-corrected chi connectivity index (χ2v) is 6.60. The fourth-order valence-corrected chi connectivity index (χ4v) is 3.18. The highest BCUT2D eigenvalue weighted by Gasteiger charge is 2.38. The Morgan fingerprint density at radius 3 is 2.77 bits per heavy atom. The fourth-order valence-electron chi connectivity index (χ4n) is 3.18. The number of piperidine rings is 1. The van der Waals surface area contributed by atoms with Gasteiger partial charge in [-0.3, -0.25) is 9.59 Å². The SMILES string of the molecule is CCOC(=O)[C@H]1CN(C(=O)O)CC[C@@H]1NC(=O)c1cn(-c2ccc(F)cc2F)nn1. The number of carboxylic acid groups (broad SMARTS) is 1. The second-order valence-electron chi connectivity index (χ2n) is 6.60. The zero-order chi connectivity index (χ0) is 21.8. The number of likely N-dealkylation sites (tertiary alicyclic amines) is 1. The summed E-state index contributed by atoms with van der Waals surface area (Å²) in [5, 5.41) is 19.2. The lowest BCUT2D eigenvalue weighted by atomic mass is 9.92. The van der Waals surface area contributed by atoms with E-state index in [9.17, 15) is 28.3 Å². The standard InChI is InChI=1S/C18H19F2N5O5/c1-2-30-17(27)11-8-24(18(28)29)6-5-13(11)21-16(26)14-9-25(23-22-14)15-4-3-10(19)7-12(15)20/h3-4,7,9,11,13H,2,5-6,8H2,1H3,(H,21,26)(H,28,29)/t11-,13-/m0/s1. The Morgan fingerprint density at radius 2 is 2.10 bits per heavy atom. The molecule has 1 aromatic carbocycles. The summed E-state index contributed by atoms with van der Waals surface area (Å²) in [6.45, 7) is 1.74. The molecular formula is C18H19F2N5O5. The number of nitrogens with one attached hydrogen (secondary N) is 1. The Bertz CT molecular complexity index is 966. The third kappa shape index (κ3) is 4.53. The van der Waals surface area contributed by atoms with Crippen molar-refractivity contribution in [2.45, 2.75) is 19.4 Å². The van der Waals surface area contributed by atoms with E-state index in [-0.39, 0.29) is 37.5 Å². The minimum atomic E-state index is -1.17. The van der Waals surface area contributed by atoms with Gasteiger partial charge in [-0.2, -0.15) is 0 Å². The summed E-state index contributed by atoms with van der Waals surface area (Å²) in [5.41, 5.74) is -0.246. The van der Waals surface area contributed by atoms with Gasteiger partial charge in [-0.1, -0.05) is 5.21 Å². The second kappa shape index (κ2) is 8.84. The lowest BCUT2D eigenvalue weighted by Crippen LogP contribution is -2.55. The quantitative estimate of drug-likeness (QED) is 0.692. The molecule has 30 heavy (non-hydrogen) atoms. The molecule has 2 amide bonds. The van der Waals surface area contributed by atoms with Crippen LogP contribution in [-0.4, -0.2) is 68.7 Å². The van der Waals surface area contributed by atoms with Gasteiger partial charge in [0.05, 0.1) is 18.7 Å². The van der Waals surface area contributed by atoms with Crippen LogP contribution in [0.4, 0.5) is 13.6 Å². The van der Waals surface area contributed by atoms with E-state index in [1.165, 1.54) is 0 Å². The Kier molecular flexibility index (Phi) is 6.23. The fraction of sp³-hybridized carbons (Fsp3) is 0.389. The normalized spacial score (nSPS) is 18.7. The molecule has 1 fully saturated rings. The van der Waals surface area contributed by atoms with E-state index in [0.29, 0.717) is 6.07 Å². The van der Waals surface area contributed by atoms with Crippen molar-refractivity contribution in [2.24, 2.45) is 5.92 Å². The average molecular weight is 423 g/mol. The molecular weight excluding hydrogens is 404 g/mol. The summed E-state index contributed by atoms with van der Waals surface area (Å²) in [6, 6.07) is 2.19. The first-order valence-corrected chi connectivity index (χ1v) is 9.13. The molecule has 2 heterocycles. The van der Waals surface area contributed by atoms with Crippen LogP contribution >= 0.6 is 0 Å². The van der Waals surface area contributed by atoms with Gasteiger partial charge in [-0.05, 0) is 25.5 Å². The number of ether oxygens (including phenoxy) is 1. The molecule has 3 rings (SSSR count). The van der Waals surface area contributed by atoms with Crippen molar-refractivity contribution in [3.8, 4) is 5.69 Å². The van der Waals surface area contributed by atoms with Crippen molar-refractivity contribution < 1.29 is 33.0 Å². The van der Waals surface area contributed by atoms with E-state index in [1.807, 2.05) is 0 Å². The van der Waals surface area contributed by atoms with Gasteiger partial charge in [-0.25, -0.2) is 18.3 Å². The molecule has 160 valence electrons. The molecule has 0 saturated carbocycles. The van der Waals surface area contributed by atoms with Crippen LogP contribution in [0.25, 0.3) is 5.69 Å². The number of hydrogen-bond donors (Lipinski definition) is 2. The lowest BCUT2D eigenvalue weighted by Gasteiger charge is -2.35. The van der Waals surface area contributed by atoms with Crippen LogP contribution in [0.3, 0.4) is 0 Å². The van der Waals surface area contributed by atoms with Crippen LogP contribution in [-0.2, 0) is 9.53 Å². The largest absolute Gasteiger partial charge is 0.466 e. The van der Waals surface area contributed by atoms with Crippen molar-refractivity contribution in [3.05, 3.63) is 41.7 Å². The number of hydrogen-bond acceptors (Lipinski definition) is 6. The molecule has 0 radical (unpaired) electrons. The number of rotatable bonds is 5. The smallest absolute Gasteiger partial charge is 0.407 e. The Morgan fingerprint density at radius 1 is 1.33 bits per heavy atom. The third-order valence-electron chi connectivity index (χ3n) is 4.67. The number of esters is 1. The van der Waals surface area contributed by atoms with Crippen molar-refractivity contribution >= 4 is 18.0 Å². The predicted molar refractivity (Wildman–Crippen MR) is 96.9 cm³/mol. The van der Waals surface area contributed by atoms with Crippen LogP contribution in [0.5, 0.6) is 0 Å². The van der Waals surface area contributed by atoms with Gasteiger partial charge >= 0.3 is 12.1 Å². The lowest BCUT2D eigenvalue weighted by molar-refractivity contribution is -0.150. The number of carbonyl (C=O) groups excluding carboxylic acids is 2. The molecule has 2 N–H and O–H groups in total. The topological polar surface area (TPSA) is 127 Å². The summed E-state index contributed by atoms with van der Waals surface area (Å²) in [6.07, 6.45) is 0.193. The zero-order valence-corrected chi connectivity index (χ0v) is 15.9. The van der Waals surface area contributed by atoms with E-state index in [1.54, 1.807) is 6.92 Å². The molecule has 1 aliphatic heterocycles. The molecule has 2 atom stereocenters. The number of amides is 2.